The second-order valence-electron chi connectivity index (χ2n) is 8.17. The molecule has 0 bridgehead atoms. The maximum atomic E-state index is 12.6. The van der Waals surface area contributed by atoms with Crippen molar-refractivity contribution in [3.05, 3.63) is 0 Å². The van der Waals surface area contributed by atoms with Crippen molar-refractivity contribution in [2.45, 2.75) is 73.0 Å². The standard InChI is InChI=1S/C21H43NO5/c1-8-10-24-14-21(15-25-12-17(3)4,16-26-13-18(5)6)22-20(23)11-19(7)27-9-2/h17-19H,8-16H2,1-7H3,(H,22,23). The molecule has 0 heterocycles. The maximum Gasteiger partial charge on any atom is 0.223 e. The third-order valence-electron chi connectivity index (χ3n) is 3.71. The first-order valence-corrected chi connectivity index (χ1v) is 10.4. The van der Waals surface area contributed by atoms with Crippen LogP contribution in [0, 0.1) is 11.8 Å². The summed E-state index contributed by atoms with van der Waals surface area (Å²) in [7, 11) is 0. The lowest BCUT2D eigenvalue weighted by molar-refractivity contribution is -0.130. The van der Waals surface area contributed by atoms with E-state index in [2.05, 4.69) is 39.9 Å². The van der Waals surface area contributed by atoms with Crippen molar-refractivity contribution >= 4 is 5.91 Å². The molecule has 0 aliphatic rings. The Balaban J connectivity index is 5.09. The molecule has 0 saturated heterocycles. The fraction of sp³-hybridized carbons (Fsp3) is 0.952. The van der Waals surface area contributed by atoms with Crippen LogP contribution in [0.5, 0.6) is 0 Å². The van der Waals surface area contributed by atoms with Crippen LogP contribution in [0.3, 0.4) is 0 Å². The molecule has 0 spiro atoms. The summed E-state index contributed by atoms with van der Waals surface area (Å²) in [4.78, 5) is 12.6. The molecule has 0 saturated carbocycles. The highest BCUT2D eigenvalue weighted by Gasteiger charge is 2.34. The van der Waals surface area contributed by atoms with Gasteiger partial charge < -0.3 is 24.3 Å². The van der Waals surface area contributed by atoms with Crippen LogP contribution < -0.4 is 5.32 Å². The van der Waals surface area contributed by atoms with Crippen LogP contribution in [0.15, 0.2) is 0 Å². The largest absolute Gasteiger partial charge is 0.379 e. The lowest BCUT2D eigenvalue weighted by Crippen LogP contribution is -2.59. The zero-order chi connectivity index (χ0) is 20.7. The van der Waals surface area contributed by atoms with Gasteiger partial charge in [-0.2, -0.15) is 0 Å². The summed E-state index contributed by atoms with van der Waals surface area (Å²) in [6, 6.07) is 0. The van der Waals surface area contributed by atoms with Gasteiger partial charge in [-0.05, 0) is 32.1 Å². The molecule has 1 amide bonds. The van der Waals surface area contributed by atoms with Gasteiger partial charge in [0.15, 0.2) is 0 Å². The molecular weight excluding hydrogens is 346 g/mol. The molecule has 0 aromatic rings. The highest BCUT2D eigenvalue weighted by Crippen LogP contribution is 2.13. The maximum absolute atomic E-state index is 12.6. The number of hydrogen-bond donors (Lipinski definition) is 1. The number of amides is 1. The molecule has 1 atom stereocenters. The molecule has 27 heavy (non-hydrogen) atoms. The fourth-order valence-electron chi connectivity index (χ4n) is 2.58. The van der Waals surface area contributed by atoms with Gasteiger partial charge >= 0.3 is 0 Å². The monoisotopic (exact) mass is 389 g/mol. The van der Waals surface area contributed by atoms with Crippen molar-refractivity contribution in [3.8, 4) is 0 Å². The molecule has 1 N–H and O–H groups in total. The van der Waals surface area contributed by atoms with Gasteiger partial charge in [-0.3, -0.25) is 4.79 Å². The second-order valence-corrected chi connectivity index (χ2v) is 8.17. The Morgan fingerprint density at radius 1 is 0.889 bits per heavy atom. The summed E-state index contributed by atoms with van der Waals surface area (Å²) in [5.41, 5.74) is -0.692. The molecular formula is C21H43NO5. The average molecular weight is 390 g/mol. The highest BCUT2D eigenvalue weighted by molar-refractivity contribution is 5.77. The summed E-state index contributed by atoms with van der Waals surface area (Å²) in [5.74, 6) is 0.770. The minimum Gasteiger partial charge on any atom is -0.379 e. The third-order valence-corrected chi connectivity index (χ3v) is 3.71. The lowest BCUT2D eigenvalue weighted by Gasteiger charge is -2.35. The Kier molecular flexibility index (Phi) is 14.9. The van der Waals surface area contributed by atoms with E-state index in [1.165, 1.54) is 0 Å². The normalized spacial score (nSPS) is 13.4. The SMILES string of the molecule is CCCOCC(COCC(C)C)(COCC(C)C)NC(=O)CC(C)OCC. The third kappa shape index (κ3) is 14.0. The minimum atomic E-state index is -0.692. The number of carbonyl (C=O) groups is 1. The van der Waals surface area contributed by atoms with Crippen molar-refractivity contribution in [3.63, 3.8) is 0 Å². The molecule has 0 rings (SSSR count). The Morgan fingerprint density at radius 3 is 1.85 bits per heavy atom. The van der Waals surface area contributed by atoms with Gasteiger partial charge in [-0.1, -0.05) is 34.6 Å². The number of ether oxygens (including phenoxy) is 4. The highest BCUT2D eigenvalue weighted by atomic mass is 16.5. The lowest BCUT2D eigenvalue weighted by atomic mass is 10.0. The number of carbonyl (C=O) groups excluding carboxylic acids is 1. The summed E-state index contributed by atoms with van der Waals surface area (Å²) < 4.78 is 23.1. The first kappa shape index (κ1) is 26.3. The Hall–Kier alpha value is -0.690. The van der Waals surface area contributed by atoms with E-state index in [0.717, 1.165) is 6.42 Å². The number of hydrogen-bond acceptors (Lipinski definition) is 5. The van der Waals surface area contributed by atoms with Gasteiger partial charge in [0.05, 0.1) is 32.3 Å². The fourth-order valence-corrected chi connectivity index (χ4v) is 2.58. The molecule has 6 nitrogen and oxygen atoms in total. The number of rotatable bonds is 17. The summed E-state index contributed by atoms with van der Waals surface area (Å²) in [5, 5.41) is 3.13. The smallest absolute Gasteiger partial charge is 0.223 e. The Labute approximate surface area is 166 Å². The predicted octanol–water partition coefficient (Wildman–Crippen LogP) is 3.43. The molecule has 0 aliphatic heterocycles. The molecule has 0 radical (unpaired) electrons. The van der Waals surface area contributed by atoms with Gasteiger partial charge in [-0.25, -0.2) is 0 Å². The van der Waals surface area contributed by atoms with Gasteiger partial charge in [0.1, 0.15) is 5.54 Å². The van der Waals surface area contributed by atoms with Crippen molar-refractivity contribution in [1.29, 1.82) is 0 Å². The molecule has 0 aromatic carbocycles. The van der Waals surface area contributed by atoms with Crippen LogP contribution >= 0.6 is 0 Å². The van der Waals surface area contributed by atoms with Gasteiger partial charge in [0.2, 0.25) is 5.91 Å². The van der Waals surface area contributed by atoms with Crippen LogP contribution in [0.2, 0.25) is 0 Å². The first-order valence-electron chi connectivity index (χ1n) is 10.4. The van der Waals surface area contributed by atoms with Crippen LogP contribution in [-0.2, 0) is 23.7 Å². The Bertz CT molecular complexity index is 360. The minimum absolute atomic E-state index is 0.0719. The summed E-state index contributed by atoms with van der Waals surface area (Å²) in [6.07, 6.45) is 1.10. The zero-order valence-electron chi connectivity index (χ0n) is 18.6. The Morgan fingerprint density at radius 2 is 1.41 bits per heavy atom. The number of nitrogens with one attached hydrogen (secondary N) is 1. The molecule has 0 aliphatic carbocycles. The van der Waals surface area contributed by atoms with E-state index in [-0.39, 0.29) is 12.0 Å². The van der Waals surface area contributed by atoms with Gasteiger partial charge in [0, 0.05) is 26.4 Å². The van der Waals surface area contributed by atoms with Gasteiger partial charge in [0.25, 0.3) is 0 Å². The summed E-state index contributed by atoms with van der Waals surface area (Å²) >= 11 is 0. The van der Waals surface area contributed by atoms with Crippen molar-refractivity contribution in [2.75, 3.05) is 46.2 Å². The van der Waals surface area contributed by atoms with Crippen molar-refractivity contribution < 1.29 is 23.7 Å². The zero-order valence-corrected chi connectivity index (χ0v) is 18.6. The summed E-state index contributed by atoms with van der Waals surface area (Å²) in [6.45, 7) is 17.9. The molecule has 6 heteroatoms. The van der Waals surface area contributed by atoms with E-state index < -0.39 is 5.54 Å². The van der Waals surface area contributed by atoms with E-state index in [9.17, 15) is 4.79 Å². The van der Waals surface area contributed by atoms with Crippen LogP contribution in [0.4, 0.5) is 0 Å². The second kappa shape index (κ2) is 15.3. The topological polar surface area (TPSA) is 66.0 Å². The van der Waals surface area contributed by atoms with Crippen molar-refractivity contribution in [2.24, 2.45) is 11.8 Å². The average Bonchev–Trinajstić information content (AvgIpc) is 2.54. The van der Waals surface area contributed by atoms with Gasteiger partial charge in [-0.15, -0.1) is 0 Å². The van der Waals surface area contributed by atoms with E-state index in [4.69, 9.17) is 18.9 Å². The van der Waals surface area contributed by atoms with E-state index in [1.54, 1.807) is 0 Å². The van der Waals surface area contributed by atoms with Crippen LogP contribution in [0.1, 0.15) is 61.3 Å². The van der Waals surface area contributed by atoms with E-state index in [0.29, 0.717) is 64.5 Å². The molecule has 1 unspecified atom stereocenters. The first-order chi connectivity index (χ1) is 12.7. The predicted molar refractivity (Wildman–Crippen MR) is 109 cm³/mol. The molecule has 0 fully saturated rings. The van der Waals surface area contributed by atoms with E-state index >= 15 is 0 Å². The quantitative estimate of drug-likeness (QED) is 0.386. The van der Waals surface area contributed by atoms with E-state index in [1.807, 2.05) is 13.8 Å². The van der Waals surface area contributed by atoms with Crippen molar-refractivity contribution in [1.82, 2.24) is 5.32 Å². The van der Waals surface area contributed by atoms with Crippen LogP contribution in [0.25, 0.3) is 0 Å². The molecule has 162 valence electrons. The molecule has 0 aromatic heterocycles. The van der Waals surface area contributed by atoms with Crippen LogP contribution in [-0.4, -0.2) is 63.8 Å².